The number of nitrogens with one attached hydrogen (secondary N) is 1. The molecule has 2 unspecified atom stereocenters. The summed E-state index contributed by atoms with van der Waals surface area (Å²) in [4.78, 5) is 5.11. The molecule has 0 bridgehead atoms. The standard InChI is InChI=1S/C9H12N2O2S2/c1-7(9-4-10-6-14-9)11-8-2-3-15(12,13)5-8/h2-4,6-8,11H,5H2,1H3. The number of aromatic nitrogens is 1. The molecule has 15 heavy (non-hydrogen) atoms. The van der Waals surface area contributed by atoms with Gasteiger partial charge in [-0.15, -0.1) is 11.3 Å². The molecule has 4 nitrogen and oxygen atoms in total. The van der Waals surface area contributed by atoms with Crippen molar-refractivity contribution in [3.63, 3.8) is 0 Å². The number of nitrogens with zero attached hydrogens (tertiary/aromatic N) is 1. The van der Waals surface area contributed by atoms with Crippen molar-refractivity contribution in [3.05, 3.63) is 28.1 Å². The predicted molar refractivity (Wildman–Crippen MR) is 60.4 cm³/mol. The highest BCUT2D eigenvalue weighted by atomic mass is 32.2. The van der Waals surface area contributed by atoms with Crippen LogP contribution in [0.5, 0.6) is 0 Å². The van der Waals surface area contributed by atoms with Crippen LogP contribution in [0.15, 0.2) is 23.2 Å². The zero-order chi connectivity index (χ0) is 10.9. The van der Waals surface area contributed by atoms with Crippen LogP contribution >= 0.6 is 11.3 Å². The summed E-state index contributed by atoms with van der Waals surface area (Å²) < 4.78 is 22.3. The van der Waals surface area contributed by atoms with Gasteiger partial charge in [0.05, 0.1) is 11.3 Å². The Morgan fingerprint density at radius 1 is 1.67 bits per heavy atom. The van der Waals surface area contributed by atoms with E-state index in [1.807, 2.05) is 6.92 Å². The Balaban J connectivity index is 1.97. The van der Waals surface area contributed by atoms with Gasteiger partial charge in [0.25, 0.3) is 0 Å². The highest BCUT2D eigenvalue weighted by molar-refractivity contribution is 7.94. The van der Waals surface area contributed by atoms with Crippen LogP contribution in [0.1, 0.15) is 17.8 Å². The molecule has 0 aromatic carbocycles. The van der Waals surface area contributed by atoms with Gasteiger partial charge in [0.15, 0.2) is 9.84 Å². The van der Waals surface area contributed by atoms with Crippen LogP contribution in [0.25, 0.3) is 0 Å². The van der Waals surface area contributed by atoms with Gasteiger partial charge in [-0.2, -0.15) is 0 Å². The van der Waals surface area contributed by atoms with Gasteiger partial charge in [0.1, 0.15) is 0 Å². The molecule has 1 aliphatic heterocycles. The second-order valence-corrected chi connectivity index (χ2v) is 6.41. The highest BCUT2D eigenvalue weighted by Gasteiger charge is 2.23. The third-order valence-corrected chi connectivity index (χ3v) is 4.63. The molecule has 0 aliphatic carbocycles. The minimum absolute atomic E-state index is 0.0768. The van der Waals surface area contributed by atoms with Crippen molar-refractivity contribution >= 4 is 21.2 Å². The molecule has 0 amide bonds. The largest absolute Gasteiger partial charge is 0.302 e. The van der Waals surface area contributed by atoms with E-state index in [1.165, 1.54) is 5.41 Å². The zero-order valence-electron chi connectivity index (χ0n) is 8.25. The first-order valence-electron chi connectivity index (χ1n) is 4.62. The molecule has 2 atom stereocenters. The fraction of sp³-hybridized carbons (Fsp3) is 0.444. The summed E-state index contributed by atoms with van der Waals surface area (Å²) in [5.74, 6) is 0.163. The Bertz CT molecular complexity index is 450. The number of rotatable bonds is 3. The van der Waals surface area contributed by atoms with Crippen LogP contribution in [0.3, 0.4) is 0 Å². The van der Waals surface area contributed by atoms with Gasteiger partial charge in [0.2, 0.25) is 0 Å². The first kappa shape index (κ1) is 10.8. The van der Waals surface area contributed by atoms with Crippen LogP contribution in [0.2, 0.25) is 0 Å². The molecule has 0 spiro atoms. The normalized spacial score (nSPS) is 25.5. The van der Waals surface area contributed by atoms with Gasteiger partial charge in [-0.25, -0.2) is 8.42 Å². The molecular formula is C9H12N2O2S2. The molecule has 82 valence electrons. The van der Waals surface area contributed by atoms with Crippen LogP contribution in [0.4, 0.5) is 0 Å². The monoisotopic (exact) mass is 244 g/mol. The first-order chi connectivity index (χ1) is 7.07. The smallest absolute Gasteiger partial charge is 0.173 e. The van der Waals surface area contributed by atoms with E-state index in [-0.39, 0.29) is 17.8 Å². The Kier molecular flexibility index (Phi) is 2.90. The van der Waals surface area contributed by atoms with Crippen molar-refractivity contribution in [2.75, 3.05) is 5.75 Å². The molecule has 1 N–H and O–H groups in total. The van der Waals surface area contributed by atoms with Crippen molar-refractivity contribution in [2.24, 2.45) is 0 Å². The fourth-order valence-corrected chi connectivity index (χ4v) is 3.41. The number of hydrogen-bond acceptors (Lipinski definition) is 5. The Morgan fingerprint density at radius 3 is 3.00 bits per heavy atom. The molecule has 0 saturated carbocycles. The molecule has 1 aromatic rings. The highest BCUT2D eigenvalue weighted by Crippen LogP contribution is 2.19. The van der Waals surface area contributed by atoms with E-state index in [1.54, 1.807) is 29.1 Å². The van der Waals surface area contributed by atoms with Crippen molar-refractivity contribution in [1.82, 2.24) is 10.3 Å². The third kappa shape index (κ3) is 2.64. The van der Waals surface area contributed by atoms with E-state index >= 15 is 0 Å². The van der Waals surface area contributed by atoms with Crippen molar-refractivity contribution < 1.29 is 8.42 Å². The third-order valence-electron chi connectivity index (χ3n) is 2.27. The molecule has 6 heteroatoms. The number of sulfone groups is 1. The maximum Gasteiger partial charge on any atom is 0.173 e. The van der Waals surface area contributed by atoms with Crippen LogP contribution in [-0.4, -0.2) is 25.2 Å². The lowest BCUT2D eigenvalue weighted by molar-refractivity contribution is 0.540. The topological polar surface area (TPSA) is 59.1 Å². The summed E-state index contributed by atoms with van der Waals surface area (Å²) in [7, 11) is -2.97. The van der Waals surface area contributed by atoms with E-state index in [4.69, 9.17) is 0 Å². The first-order valence-corrected chi connectivity index (χ1v) is 7.22. The minimum Gasteiger partial charge on any atom is -0.302 e. The molecule has 1 aliphatic rings. The molecule has 2 rings (SSSR count). The molecule has 0 saturated heterocycles. The second kappa shape index (κ2) is 4.03. The number of hydrogen-bond donors (Lipinski definition) is 1. The predicted octanol–water partition coefficient (Wildman–Crippen LogP) is 1.10. The lowest BCUT2D eigenvalue weighted by Gasteiger charge is -2.15. The average molecular weight is 244 g/mol. The Hall–Kier alpha value is -0.720. The number of thiazole rings is 1. The van der Waals surface area contributed by atoms with Crippen LogP contribution < -0.4 is 5.32 Å². The lowest BCUT2D eigenvalue weighted by Crippen LogP contribution is -2.31. The van der Waals surface area contributed by atoms with Crippen LogP contribution in [0, 0.1) is 0 Å². The quantitative estimate of drug-likeness (QED) is 0.865. The lowest BCUT2D eigenvalue weighted by atomic mass is 10.2. The molecule has 0 fully saturated rings. The van der Waals surface area contributed by atoms with Gasteiger partial charge >= 0.3 is 0 Å². The Morgan fingerprint density at radius 2 is 2.47 bits per heavy atom. The molecule has 0 radical (unpaired) electrons. The van der Waals surface area contributed by atoms with Gasteiger partial charge < -0.3 is 5.32 Å². The summed E-state index contributed by atoms with van der Waals surface area (Å²) in [5.41, 5.74) is 1.77. The maximum absolute atomic E-state index is 11.2. The van der Waals surface area contributed by atoms with Gasteiger partial charge in [-0.1, -0.05) is 6.08 Å². The van der Waals surface area contributed by atoms with Gasteiger partial charge in [-0.05, 0) is 6.92 Å². The van der Waals surface area contributed by atoms with Crippen molar-refractivity contribution in [2.45, 2.75) is 19.0 Å². The summed E-state index contributed by atoms with van der Waals surface area (Å²) in [6, 6.07) is 0.0625. The Labute approximate surface area is 93.0 Å². The fourth-order valence-electron chi connectivity index (χ4n) is 1.52. The summed E-state index contributed by atoms with van der Waals surface area (Å²) in [5, 5.41) is 4.52. The maximum atomic E-state index is 11.2. The molecule has 2 heterocycles. The van der Waals surface area contributed by atoms with E-state index in [0.717, 1.165) is 4.88 Å². The summed E-state index contributed by atoms with van der Waals surface area (Å²) in [6.45, 7) is 2.01. The van der Waals surface area contributed by atoms with E-state index in [0.29, 0.717) is 0 Å². The summed E-state index contributed by atoms with van der Waals surface area (Å²) >= 11 is 1.57. The second-order valence-electron chi connectivity index (χ2n) is 3.56. The average Bonchev–Trinajstić information content (AvgIpc) is 2.74. The van der Waals surface area contributed by atoms with E-state index in [2.05, 4.69) is 10.3 Å². The van der Waals surface area contributed by atoms with Crippen molar-refractivity contribution in [3.8, 4) is 0 Å². The zero-order valence-corrected chi connectivity index (χ0v) is 9.88. The van der Waals surface area contributed by atoms with Crippen molar-refractivity contribution in [1.29, 1.82) is 0 Å². The van der Waals surface area contributed by atoms with Gasteiger partial charge in [0, 0.05) is 28.6 Å². The van der Waals surface area contributed by atoms with Gasteiger partial charge in [-0.3, -0.25) is 4.98 Å². The molecular weight excluding hydrogens is 232 g/mol. The molecule has 1 aromatic heterocycles. The van der Waals surface area contributed by atoms with Crippen LogP contribution in [-0.2, 0) is 9.84 Å². The SMILES string of the molecule is CC(NC1C=CS(=O)(=O)C1)c1cncs1. The summed E-state index contributed by atoms with van der Waals surface area (Å²) in [6.07, 6.45) is 3.50. The minimum atomic E-state index is -2.97. The van der Waals surface area contributed by atoms with E-state index < -0.39 is 9.84 Å². The van der Waals surface area contributed by atoms with E-state index in [9.17, 15) is 8.42 Å².